The Labute approximate surface area is 165 Å². The molecule has 0 amide bonds. The number of rotatable bonds is 6. The fourth-order valence-electron chi connectivity index (χ4n) is 2.29. The summed E-state index contributed by atoms with van der Waals surface area (Å²) in [4.78, 5) is 10.9. The molecular weight excluding hydrogens is 435 g/mol. The number of hydrogen-bond acceptors (Lipinski definition) is 4. The highest BCUT2D eigenvalue weighted by atomic mass is 127. The number of nitrogens with zero attached hydrogens (tertiary/aromatic N) is 3. The molecule has 1 aromatic heterocycles. The molecule has 0 saturated heterocycles. The van der Waals surface area contributed by atoms with E-state index < -0.39 is 0 Å². The number of benzene rings is 1. The molecule has 24 heavy (non-hydrogen) atoms. The molecule has 2 rings (SSSR count). The average molecular weight is 460 g/mol. The molecule has 1 heterocycles. The monoisotopic (exact) mass is 460 g/mol. The predicted octanol–water partition coefficient (Wildman–Crippen LogP) is 3.33. The molecule has 7 heteroatoms. The van der Waals surface area contributed by atoms with Crippen molar-refractivity contribution in [3.63, 3.8) is 0 Å². The molecule has 0 aliphatic heterocycles. The van der Waals surface area contributed by atoms with E-state index in [4.69, 9.17) is 4.74 Å². The largest absolute Gasteiger partial charge is 0.497 e. The Morgan fingerprint density at radius 3 is 2.58 bits per heavy atom. The minimum Gasteiger partial charge on any atom is -0.497 e. The fourth-order valence-corrected chi connectivity index (χ4v) is 2.94. The molecule has 5 nitrogen and oxygen atoms in total. The number of methoxy groups -OCH3 is 1. The maximum absolute atomic E-state index is 5.18. The number of nitrogens with one attached hydrogen (secondary N) is 1. The van der Waals surface area contributed by atoms with Crippen LogP contribution in [0.4, 0.5) is 0 Å². The van der Waals surface area contributed by atoms with Gasteiger partial charge in [0.15, 0.2) is 5.96 Å². The van der Waals surface area contributed by atoms with Gasteiger partial charge in [-0.05, 0) is 24.6 Å². The van der Waals surface area contributed by atoms with Crippen molar-refractivity contribution < 1.29 is 4.74 Å². The summed E-state index contributed by atoms with van der Waals surface area (Å²) in [5.74, 6) is 1.75. The topological polar surface area (TPSA) is 49.8 Å². The van der Waals surface area contributed by atoms with Crippen molar-refractivity contribution in [2.24, 2.45) is 4.99 Å². The van der Waals surface area contributed by atoms with Crippen LogP contribution >= 0.6 is 35.3 Å². The maximum Gasteiger partial charge on any atom is 0.193 e. The SMILES string of the molecule is CN=C(NCCc1csc(C)n1)N(C)Cc1ccc(OC)cc1.I. The average Bonchev–Trinajstić information content (AvgIpc) is 2.97. The molecule has 0 bridgehead atoms. The molecule has 0 aliphatic rings. The van der Waals surface area contributed by atoms with Gasteiger partial charge in [0, 0.05) is 39.0 Å². The summed E-state index contributed by atoms with van der Waals surface area (Å²) in [6, 6.07) is 8.09. The second-order valence-electron chi connectivity index (χ2n) is 5.29. The van der Waals surface area contributed by atoms with Gasteiger partial charge in [-0.25, -0.2) is 4.98 Å². The normalized spacial score (nSPS) is 10.9. The van der Waals surface area contributed by atoms with Gasteiger partial charge in [-0.3, -0.25) is 4.99 Å². The van der Waals surface area contributed by atoms with E-state index in [1.54, 1.807) is 25.5 Å². The standard InChI is InChI=1S/C17H24N4OS.HI/c1-13-20-15(12-23-13)9-10-19-17(18-2)21(3)11-14-5-7-16(22-4)8-6-14;/h5-8,12H,9-11H2,1-4H3,(H,18,19);1H. The van der Waals surface area contributed by atoms with Crippen LogP contribution in [0.15, 0.2) is 34.6 Å². The van der Waals surface area contributed by atoms with Crippen LogP contribution in [0, 0.1) is 6.92 Å². The Morgan fingerprint density at radius 1 is 1.33 bits per heavy atom. The fraction of sp³-hybridized carbons (Fsp3) is 0.412. The lowest BCUT2D eigenvalue weighted by atomic mass is 10.2. The summed E-state index contributed by atoms with van der Waals surface area (Å²) in [7, 11) is 5.52. The van der Waals surface area contributed by atoms with Crippen molar-refractivity contribution in [3.05, 3.63) is 45.9 Å². The lowest BCUT2D eigenvalue weighted by Crippen LogP contribution is -2.39. The minimum absolute atomic E-state index is 0. The van der Waals surface area contributed by atoms with E-state index in [1.807, 2.05) is 26.1 Å². The van der Waals surface area contributed by atoms with Gasteiger partial charge in [0.2, 0.25) is 0 Å². The Morgan fingerprint density at radius 2 is 2.04 bits per heavy atom. The molecule has 2 aromatic rings. The highest BCUT2D eigenvalue weighted by Crippen LogP contribution is 2.12. The molecule has 1 N–H and O–H groups in total. The van der Waals surface area contributed by atoms with Crippen LogP contribution in [0.3, 0.4) is 0 Å². The second-order valence-corrected chi connectivity index (χ2v) is 6.35. The highest BCUT2D eigenvalue weighted by molar-refractivity contribution is 14.0. The highest BCUT2D eigenvalue weighted by Gasteiger charge is 2.07. The third-order valence-corrected chi connectivity index (χ3v) is 4.31. The van der Waals surface area contributed by atoms with E-state index in [0.29, 0.717) is 0 Å². The van der Waals surface area contributed by atoms with Crippen LogP contribution in [0.1, 0.15) is 16.3 Å². The molecule has 0 fully saturated rings. The lowest BCUT2D eigenvalue weighted by Gasteiger charge is -2.22. The summed E-state index contributed by atoms with van der Waals surface area (Å²) in [6.07, 6.45) is 0.903. The van der Waals surface area contributed by atoms with E-state index in [2.05, 4.69) is 37.7 Å². The first-order valence-corrected chi connectivity index (χ1v) is 8.46. The Hall–Kier alpha value is -1.35. The van der Waals surface area contributed by atoms with Gasteiger partial charge in [-0.15, -0.1) is 35.3 Å². The van der Waals surface area contributed by atoms with Gasteiger partial charge in [0.1, 0.15) is 5.75 Å². The molecule has 0 aliphatic carbocycles. The summed E-state index contributed by atoms with van der Waals surface area (Å²) in [5.41, 5.74) is 2.35. The van der Waals surface area contributed by atoms with E-state index in [1.165, 1.54) is 5.56 Å². The number of hydrogen-bond donors (Lipinski definition) is 1. The number of ether oxygens (including phenoxy) is 1. The molecule has 1 aromatic carbocycles. The Balaban J connectivity index is 0.00000288. The molecule has 132 valence electrons. The van der Waals surface area contributed by atoms with E-state index >= 15 is 0 Å². The summed E-state index contributed by atoms with van der Waals surface area (Å²) in [6.45, 7) is 3.64. The first-order chi connectivity index (χ1) is 11.1. The van der Waals surface area contributed by atoms with Gasteiger partial charge in [-0.2, -0.15) is 0 Å². The zero-order chi connectivity index (χ0) is 16.7. The third kappa shape index (κ3) is 6.27. The number of thiazole rings is 1. The molecule has 0 atom stereocenters. The first kappa shape index (κ1) is 20.7. The zero-order valence-electron chi connectivity index (χ0n) is 14.6. The third-order valence-electron chi connectivity index (χ3n) is 3.48. The van der Waals surface area contributed by atoms with Gasteiger partial charge in [0.05, 0.1) is 17.8 Å². The summed E-state index contributed by atoms with van der Waals surface area (Å²) >= 11 is 1.69. The summed E-state index contributed by atoms with van der Waals surface area (Å²) < 4.78 is 5.18. The Kier molecular flexibility index (Phi) is 9.05. The van der Waals surface area contributed by atoms with Crippen LogP contribution in [0.2, 0.25) is 0 Å². The van der Waals surface area contributed by atoms with Crippen molar-refractivity contribution in [1.82, 2.24) is 15.2 Å². The lowest BCUT2D eigenvalue weighted by molar-refractivity contribution is 0.414. The van der Waals surface area contributed by atoms with Crippen LogP contribution < -0.4 is 10.1 Å². The molecule has 0 saturated carbocycles. The quantitative estimate of drug-likeness (QED) is 0.408. The number of aryl methyl sites for hydroxylation is 1. The molecule has 0 radical (unpaired) electrons. The van der Waals surface area contributed by atoms with Crippen molar-refractivity contribution in [2.75, 3.05) is 27.7 Å². The predicted molar refractivity (Wildman–Crippen MR) is 112 cm³/mol. The van der Waals surface area contributed by atoms with Crippen molar-refractivity contribution in [3.8, 4) is 5.75 Å². The van der Waals surface area contributed by atoms with Crippen molar-refractivity contribution >= 4 is 41.3 Å². The number of halogens is 1. The van der Waals surface area contributed by atoms with Gasteiger partial charge < -0.3 is 15.0 Å². The van der Waals surface area contributed by atoms with Crippen LogP contribution in [0.25, 0.3) is 0 Å². The summed E-state index contributed by atoms with van der Waals surface area (Å²) in [5, 5.41) is 6.61. The van der Waals surface area contributed by atoms with Gasteiger partial charge in [-0.1, -0.05) is 12.1 Å². The smallest absolute Gasteiger partial charge is 0.193 e. The minimum atomic E-state index is 0. The number of guanidine groups is 1. The van der Waals surface area contributed by atoms with Crippen LogP contribution in [-0.2, 0) is 13.0 Å². The van der Waals surface area contributed by atoms with Gasteiger partial charge >= 0.3 is 0 Å². The zero-order valence-corrected chi connectivity index (χ0v) is 17.7. The number of aliphatic imine (C=N–C) groups is 1. The molecule has 0 spiro atoms. The van der Waals surface area contributed by atoms with E-state index in [0.717, 1.165) is 41.9 Å². The second kappa shape index (κ2) is 10.5. The van der Waals surface area contributed by atoms with Gasteiger partial charge in [0.25, 0.3) is 0 Å². The molecule has 0 unspecified atom stereocenters. The van der Waals surface area contributed by atoms with E-state index in [-0.39, 0.29) is 24.0 Å². The van der Waals surface area contributed by atoms with E-state index in [9.17, 15) is 0 Å². The maximum atomic E-state index is 5.18. The first-order valence-electron chi connectivity index (χ1n) is 7.58. The Bertz CT molecular complexity index is 642. The van der Waals surface area contributed by atoms with Crippen LogP contribution in [0.5, 0.6) is 5.75 Å². The van der Waals surface area contributed by atoms with Crippen LogP contribution in [-0.4, -0.2) is 43.6 Å². The van der Waals surface area contributed by atoms with Crippen molar-refractivity contribution in [2.45, 2.75) is 19.9 Å². The van der Waals surface area contributed by atoms with Crippen molar-refractivity contribution in [1.29, 1.82) is 0 Å². The number of aromatic nitrogens is 1. The molecular formula is C17H25IN4OS.